The first-order valence-electron chi connectivity index (χ1n) is 5.67. The van der Waals surface area contributed by atoms with Crippen molar-refractivity contribution in [2.24, 2.45) is 0 Å². The predicted octanol–water partition coefficient (Wildman–Crippen LogP) is 2.32. The van der Waals surface area contributed by atoms with Crippen LogP contribution in [0.1, 0.15) is 12.5 Å². The van der Waals surface area contributed by atoms with Crippen molar-refractivity contribution in [3.8, 4) is 0 Å². The monoisotopic (exact) mass is 350 g/mol. The molecule has 1 heterocycles. The predicted molar refractivity (Wildman–Crippen MR) is 69.1 cm³/mol. The van der Waals surface area contributed by atoms with E-state index in [1.807, 2.05) is 0 Å². The van der Waals surface area contributed by atoms with Crippen LogP contribution < -0.4 is 10.2 Å². The van der Waals surface area contributed by atoms with Crippen LogP contribution in [0.4, 0.5) is 18.9 Å². The van der Waals surface area contributed by atoms with Crippen molar-refractivity contribution < 1.29 is 22.8 Å². The van der Waals surface area contributed by atoms with Crippen LogP contribution in [0.25, 0.3) is 0 Å². The number of benzene rings is 1. The molecule has 2 amide bonds. The minimum Gasteiger partial charge on any atom is -0.343 e. The quantitative estimate of drug-likeness (QED) is 0.844. The maximum atomic E-state index is 13.0. The average molecular weight is 351 g/mol. The molecule has 1 saturated heterocycles. The Morgan fingerprint density at radius 1 is 1.35 bits per heavy atom. The Morgan fingerprint density at radius 2 is 2.00 bits per heavy atom. The molecule has 1 unspecified atom stereocenters. The number of amides is 2. The molecule has 2 rings (SSSR count). The summed E-state index contributed by atoms with van der Waals surface area (Å²) in [5, 5.41) is 2.38. The summed E-state index contributed by atoms with van der Waals surface area (Å²) in [6.07, 6.45) is -4.61. The van der Waals surface area contributed by atoms with Gasteiger partial charge in [0.05, 0.1) is 11.3 Å². The van der Waals surface area contributed by atoms with Gasteiger partial charge in [-0.1, -0.05) is 15.9 Å². The lowest BCUT2D eigenvalue weighted by molar-refractivity contribution is -0.138. The lowest BCUT2D eigenvalue weighted by atomic mass is 10.1. The highest BCUT2D eigenvalue weighted by Crippen LogP contribution is 2.38. The maximum absolute atomic E-state index is 13.0. The molecular weight excluding hydrogens is 341 g/mol. The number of halogens is 4. The van der Waals surface area contributed by atoms with Gasteiger partial charge in [-0.15, -0.1) is 0 Å². The highest BCUT2D eigenvalue weighted by Gasteiger charge is 2.39. The Bertz CT molecular complexity index is 574. The van der Waals surface area contributed by atoms with Gasteiger partial charge >= 0.3 is 6.18 Å². The SMILES string of the molecule is CC1NC(=O)CN(c2ccc(Br)cc2C(F)(F)F)C1=O. The van der Waals surface area contributed by atoms with Gasteiger partial charge in [0.1, 0.15) is 12.6 Å². The van der Waals surface area contributed by atoms with Crippen molar-refractivity contribution in [2.75, 3.05) is 11.4 Å². The van der Waals surface area contributed by atoms with Gasteiger partial charge in [0.25, 0.3) is 0 Å². The molecule has 0 saturated carbocycles. The summed E-state index contributed by atoms with van der Waals surface area (Å²) in [6, 6.07) is 2.62. The molecule has 108 valence electrons. The van der Waals surface area contributed by atoms with Gasteiger partial charge in [-0.2, -0.15) is 13.2 Å². The third kappa shape index (κ3) is 2.79. The van der Waals surface area contributed by atoms with Gasteiger partial charge in [0.15, 0.2) is 0 Å². The smallest absolute Gasteiger partial charge is 0.343 e. The lowest BCUT2D eigenvalue weighted by Crippen LogP contribution is -2.57. The molecular formula is C12H10BrF3N2O2. The molecule has 1 fully saturated rings. The van der Waals surface area contributed by atoms with E-state index in [0.717, 1.165) is 11.0 Å². The van der Waals surface area contributed by atoms with E-state index in [4.69, 9.17) is 0 Å². The summed E-state index contributed by atoms with van der Waals surface area (Å²) in [5.74, 6) is -1.06. The Labute approximate surface area is 121 Å². The van der Waals surface area contributed by atoms with Crippen molar-refractivity contribution in [3.63, 3.8) is 0 Å². The number of carbonyl (C=O) groups excluding carboxylic acids is 2. The Kier molecular flexibility index (Phi) is 3.77. The molecule has 20 heavy (non-hydrogen) atoms. The summed E-state index contributed by atoms with van der Waals surface area (Å²) in [5.41, 5.74) is -1.27. The highest BCUT2D eigenvalue weighted by molar-refractivity contribution is 9.10. The normalized spacial score (nSPS) is 20.1. The number of rotatable bonds is 1. The zero-order valence-electron chi connectivity index (χ0n) is 10.3. The molecule has 0 aromatic heterocycles. The number of hydrogen-bond acceptors (Lipinski definition) is 2. The largest absolute Gasteiger partial charge is 0.418 e. The molecule has 1 aromatic rings. The maximum Gasteiger partial charge on any atom is 0.418 e. The van der Waals surface area contributed by atoms with E-state index >= 15 is 0 Å². The van der Waals surface area contributed by atoms with Crippen LogP contribution in [0, 0.1) is 0 Å². The first-order valence-corrected chi connectivity index (χ1v) is 6.47. The van der Waals surface area contributed by atoms with Gasteiger partial charge < -0.3 is 10.2 Å². The topological polar surface area (TPSA) is 49.4 Å². The minimum absolute atomic E-state index is 0.246. The molecule has 1 atom stereocenters. The van der Waals surface area contributed by atoms with Gasteiger partial charge in [-0.25, -0.2) is 0 Å². The second-order valence-corrected chi connectivity index (χ2v) is 5.29. The van der Waals surface area contributed by atoms with Crippen molar-refractivity contribution in [2.45, 2.75) is 19.1 Å². The number of piperazine rings is 1. The van der Waals surface area contributed by atoms with E-state index in [1.165, 1.54) is 19.1 Å². The first kappa shape index (κ1) is 14.8. The van der Waals surface area contributed by atoms with Crippen LogP contribution in [-0.2, 0) is 15.8 Å². The molecule has 4 nitrogen and oxygen atoms in total. The second kappa shape index (κ2) is 5.08. The number of anilines is 1. The molecule has 1 aliphatic heterocycles. The molecule has 1 N–H and O–H groups in total. The van der Waals surface area contributed by atoms with Gasteiger partial charge in [0.2, 0.25) is 11.8 Å². The summed E-state index contributed by atoms with van der Waals surface area (Å²) in [6.45, 7) is 1.01. The van der Waals surface area contributed by atoms with Crippen molar-refractivity contribution in [1.82, 2.24) is 5.32 Å². The van der Waals surface area contributed by atoms with E-state index in [1.54, 1.807) is 0 Å². The Balaban J connectivity index is 2.51. The van der Waals surface area contributed by atoms with Crippen LogP contribution in [0.3, 0.4) is 0 Å². The van der Waals surface area contributed by atoms with E-state index in [-0.39, 0.29) is 10.2 Å². The fourth-order valence-electron chi connectivity index (χ4n) is 1.98. The standard InChI is InChI=1S/C12H10BrF3N2O2/c1-6-11(20)18(5-10(19)17-6)9-3-2-7(13)4-8(9)12(14,15)16/h2-4,6H,5H2,1H3,(H,17,19). The molecule has 0 aliphatic carbocycles. The molecule has 0 bridgehead atoms. The van der Waals surface area contributed by atoms with Crippen molar-refractivity contribution in [3.05, 3.63) is 28.2 Å². The van der Waals surface area contributed by atoms with Crippen LogP contribution in [-0.4, -0.2) is 24.4 Å². The van der Waals surface area contributed by atoms with Crippen molar-refractivity contribution >= 4 is 33.4 Å². The van der Waals surface area contributed by atoms with Crippen LogP contribution in [0.15, 0.2) is 22.7 Å². The second-order valence-electron chi connectivity index (χ2n) is 4.37. The van der Waals surface area contributed by atoms with Gasteiger partial charge in [0, 0.05) is 4.47 Å². The molecule has 1 aromatic carbocycles. The number of carbonyl (C=O) groups is 2. The summed E-state index contributed by atoms with van der Waals surface area (Å²) in [7, 11) is 0. The average Bonchev–Trinajstić information content (AvgIpc) is 2.33. The van der Waals surface area contributed by atoms with E-state index in [9.17, 15) is 22.8 Å². The van der Waals surface area contributed by atoms with Crippen LogP contribution >= 0.6 is 15.9 Å². The van der Waals surface area contributed by atoms with E-state index in [0.29, 0.717) is 0 Å². The minimum atomic E-state index is -4.61. The fourth-order valence-corrected chi connectivity index (χ4v) is 2.34. The first-order chi connectivity index (χ1) is 9.20. The van der Waals surface area contributed by atoms with E-state index in [2.05, 4.69) is 21.2 Å². The summed E-state index contributed by atoms with van der Waals surface area (Å²) >= 11 is 2.97. The Morgan fingerprint density at radius 3 is 2.60 bits per heavy atom. The fraction of sp³-hybridized carbons (Fsp3) is 0.333. The Hall–Kier alpha value is -1.57. The third-order valence-corrected chi connectivity index (χ3v) is 3.36. The van der Waals surface area contributed by atoms with Crippen molar-refractivity contribution in [1.29, 1.82) is 0 Å². The third-order valence-electron chi connectivity index (χ3n) is 2.87. The van der Waals surface area contributed by atoms with E-state index < -0.39 is 36.1 Å². The number of nitrogens with one attached hydrogen (secondary N) is 1. The van der Waals surface area contributed by atoms with Gasteiger partial charge in [-0.05, 0) is 25.1 Å². The molecule has 0 spiro atoms. The van der Waals surface area contributed by atoms with Crippen LogP contribution in [0.2, 0.25) is 0 Å². The molecule has 8 heteroatoms. The zero-order chi connectivity index (χ0) is 15.1. The molecule has 0 radical (unpaired) electrons. The lowest BCUT2D eigenvalue weighted by Gasteiger charge is -2.32. The summed E-state index contributed by atoms with van der Waals surface area (Å²) < 4.78 is 39.4. The zero-order valence-corrected chi connectivity index (χ0v) is 11.9. The molecule has 1 aliphatic rings. The van der Waals surface area contributed by atoms with Gasteiger partial charge in [-0.3, -0.25) is 9.59 Å². The number of alkyl halides is 3. The van der Waals surface area contributed by atoms with Crippen LogP contribution in [0.5, 0.6) is 0 Å². The number of nitrogens with zero attached hydrogens (tertiary/aromatic N) is 1. The summed E-state index contributed by atoms with van der Waals surface area (Å²) in [4.78, 5) is 24.3. The highest BCUT2D eigenvalue weighted by atomic mass is 79.9. The number of hydrogen-bond donors (Lipinski definition) is 1.